The predicted octanol–water partition coefficient (Wildman–Crippen LogP) is 1.50. The summed E-state index contributed by atoms with van der Waals surface area (Å²) < 4.78 is 31.9. The molecule has 0 atom stereocenters. The van der Waals surface area contributed by atoms with Crippen LogP contribution in [0.3, 0.4) is 0 Å². The number of aromatic nitrogens is 1. The Hall–Kier alpha value is -2.74. The Morgan fingerprint density at radius 3 is 2.52 bits per heavy atom. The number of sulfonamides is 1. The summed E-state index contributed by atoms with van der Waals surface area (Å²) in [6.45, 7) is 0. The number of nitrogens with one attached hydrogen (secondary N) is 2. The molecule has 8 heteroatoms. The maximum Gasteiger partial charge on any atom is 0.417 e. The van der Waals surface area contributed by atoms with Crippen molar-refractivity contribution in [3.8, 4) is 0 Å². The predicted molar refractivity (Wildman–Crippen MR) is 78.5 cm³/mol. The van der Waals surface area contributed by atoms with Gasteiger partial charge in [0, 0.05) is 5.69 Å². The molecule has 7 nitrogen and oxygen atoms in total. The number of hydrogen-bond acceptors (Lipinski definition) is 5. The van der Waals surface area contributed by atoms with E-state index in [0.717, 1.165) is 0 Å². The standard InChI is InChI=1S/C13H11N3O4S/c14-8-4-6-9(7-5-8)21(18,19)16-11-3-1-2-10-12(11)20-13(17)15-10/h1-7,16H,14H2,(H,15,17). The lowest BCUT2D eigenvalue weighted by Crippen LogP contribution is -2.13. The first-order chi connectivity index (χ1) is 9.95. The van der Waals surface area contributed by atoms with Gasteiger partial charge < -0.3 is 10.2 Å². The Kier molecular flexibility index (Phi) is 2.95. The number of hydrogen-bond donors (Lipinski definition) is 3. The third kappa shape index (κ3) is 2.48. The molecule has 0 aliphatic rings. The van der Waals surface area contributed by atoms with Crippen molar-refractivity contribution in [1.29, 1.82) is 0 Å². The average Bonchev–Trinajstić information content (AvgIpc) is 2.80. The number of oxazole rings is 1. The van der Waals surface area contributed by atoms with Crippen LogP contribution < -0.4 is 16.2 Å². The highest BCUT2D eigenvalue weighted by molar-refractivity contribution is 7.92. The number of aromatic amines is 1. The Bertz CT molecular complexity index is 955. The molecule has 0 amide bonds. The third-order valence-corrected chi connectivity index (χ3v) is 4.26. The van der Waals surface area contributed by atoms with Crippen LogP contribution in [0.15, 0.2) is 56.6 Å². The minimum Gasteiger partial charge on any atom is -0.406 e. The number of fused-ring (bicyclic) bond motifs is 1. The van der Waals surface area contributed by atoms with Gasteiger partial charge >= 0.3 is 5.76 Å². The van der Waals surface area contributed by atoms with Crippen molar-refractivity contribution in [3.63, 3.8) is 0 Å². The molecule has 0 fully saturated rings. The summed E-state index contributed by atoms with van der Waals surface area (Å²) in [6.07, 6.45) is 0. The number of benzene rings is 2. The zero-order valence-electron chi connectivity index (χ0n) is 10.7. The highest BCUT2D eigenvalue weighted by Crippen LogP contribution is 2.24. The van der Waals surface area contributed by atoms with Gasteiger partial charge in [-0.25, -0.2) is 13.2 Å². The van der Waals surface area contributed by atoms with Crippen LogP contribution in [0.1, 0.15) is 0 Å². The smallest absolute Gasteiger partial charge is 0.406 e. The van der Waals surface area contributed by atoms with Crippen LogP contribution in [0.2, 0.25) is 0 Å². The second kappa shape index (κ2) is 4.67. The van der Waals surface area contributed by atoms with Gasteiger partial charge in [-0.15, -0.1) is 0 Å². The maximum absolute atomic E-state index is 12.3. The molecular weight excluding hydrogens is 294 g/mol. The van der Waals surface area contributed by atoms with E-state index in [-0.39, 0.29) is 16.2 Å². The molecule has 0 bridgehead atoms. The van der Waals surface area contributed by atoms with Gasteiger partial charge in [0.25, 0.3) is 10.0 Å². The normalized spacial score (nSPS) is 11.6. The van der Waals surface area contributed by atoms with Crippen molar-refractivity contribution in [3.05, 3.63) is 53.0 Å². The van der Waals surface area contributed by atoms with Gasteiger partial charge in [-0.05, 0) is 36.4 Å². The Labute approximate surface area is 119 Å². The molecule has 0 saturated heterocycles. The Morgan fingerprint density at radius 1 is 1.10 bits per heavy atom. The largest absolute Gasteiger partial charge is 0.417 e. The summed E-state index contributed by atoms with van der Waals surface area (Å²) in [6, 6.07) is 10.5. The highest BCUT2D eigenvalue weighted by atomic mass is 32.2. The average molecular weight is 305 g/mol. The first-order valence-corrected chi connectivity index (χ1v) is 7.44. The summed E-state index contributed by atoms with van der Waals surface area (Å²) >= 11 is 0. The fourth-order valence-corrected chi connectivity index (χ4v) is 2.97. The van der Waals surface area contributed by atoms with E-state index in [4.69, 9.17) is 10.2 Å². The lowest BCUT2D eigenvalue weighted by atomic mass is 10.3. The topological polar surface area (TPSA) is 118 Å². The fourth-order valence-electron chi connectivity index (χ4n) is 1.90. The summed E-state index contributed by atoms with van der Waals surface area (Å²) in [4.78, 5) is 13.7. The molecule has 2 aromatic carbocycles. The monoisotopic (exact) mass is 305 g/mol. The molecule has 0 saturated carbocycles. The van der Waals surface area contributed by atoms with E-state index in [1.54, 1.807) is 12.1 Å². The van der Waals surface area contributed by atoms with Crippen LogP contribution in [0, 0.1) is 0 Å². The summed E-state index contributed by atoms with van der Waals surface area (Å²) in [5.74, 6) is -0.649. The number of rotatable bonds is 3. The maximum atomic E-state index is 12.3. The Morgan fingerprint density at radius 2 is 1.81 bits per heavy atom. The molecule has 0 spiro atoms. The minimum atomic E-state index is -3.79. The lowest BCUT2D eigenvalue weighted by molar-refractivity contribution is 0.556. The third-order valence-electron chi connectivity index (χ3n) is 2.88. The number of nitrogens with two attached hydrogens (primary N) is 1. The molecule has 0 aliphatic heterocycles. The van der Waals surface area contributed by atoms with Gasteiger partial charge in [-0.1, -0.05) is 6.07 Å². The number of anilines is 2. The SMILES string of the molecule is Nc1ccc(S(=O)(=O)Nc2cccc3[nH]c(=O)oc23)cc1. The van der Waals surface area contributed by atoms with Crippen LogP contribution >= 0.6 is 0 Å². The van der Waals surface area contributed by atoms with E-state index in [1.165, 1.54) is 30.3 Å². The van der Waals surface area contributed by atoms with Crippen molar-refractivity contribution in [1.82, 2.24) is 4.98 Å². The van der Waals surface area contributed by atoms with Gasteiger partial charge in [-0.2, -0.15) is 0 Å². The second-order valence-electron chi connectivity index (χ2n) is 4.37. The van der Waals surface area contributed by atoms with Crippen LogP contribution in [0.4, 0.5) is 11.4 Å². The van der Waals surface area contributed by atoms with Crippen LogP contribution in [-0.2, 0) is 10.0 Å². The van der Waals surface area contributed by atoms with Gasteiger partial charge in [0.2, 0.25) is 0 Å². The first kappa shape index (κ1) is 13.3. The molecule has 4 N–H and O–H groups in total. The second-order valence-corrected chi connectivity index (χ2v) is 6.05. The van der Waals surface area contributed by atoms with E-state index in [9.17, 15) is 13.2 Å². The van der Waals surface area contributed by atoms with Crippen molar-refractivity contribution >= 4 is 32.5 Å². The molecule has 0 aliphatic carbocycles. The molecule has 1 heterocycles. The lowest BCUT2D eigenvalue weighted by Gasteiger charge is -2.08. The van der Waals surface area contributed by atoms with Crippen molar-refractivity contribution in [2.45, 2.75) is 4.90 Å². The van der Waals surface area contributed by atoms with Gasteiger partial charge in [-0.3, -0.25) is 9.71 Å². The molecule has 3 aromatic rings. The molecule has 1 aromatic heterocycles. The van der Waals surface area contributed by atoms with Gasteiger partial charge in [0.1, 0.15) is 0 Å². The van der Waals surface area contributed by atoms with Crippen LogP contribution in [0.25, 0.3) is 11.1 Å². The molecule has 3 rings (SSSR count). The molecular formula is C13H11N3O4S. The van der Waals surface area contributed by atoms with Crippen molar-refractivity contribution in [2.75, 3.05) is 10.5 Å². The fraction of sp³-hybridized carbons (Fsp3) is 0. The Balaban J connectivity index is 2.05. The van der Waals surface area contributed by atoms with Crippen molar-refractivity contribution in [2.24, 2.45) is 0 Å². The van der Waals surface area contributed by atoms with Crippen LogP contribution in [0.5, 0.6) is 0 Å². The summed E-state index contributed by atoms with van der Waals surface area (Å²) in [5, 5.41) is 0. The number of para-hydroxylation sites is 1. The van der Waals surface area contributed by atoms with Gasteiger partial charge in [0.15, 0.2) is 5.58 Å². The highest BCUT2D eigenvalue weighted by Gasteiger charge is 2.17. The van der Waals surface area contributed by atoms with Crippen LogP contribution in [-0.4, -0.2) is 13.4 Å². The quantitative estimate of drug-likeness (QED) is 0.634. The zero-order valence-corrected chi connectivity index (χ0v) is 11.5. The van der Waals surface area contributed by atoms with Gasteiger partial charge in [0.05, 0.1) is 16.1 Å². The first-order valence-electron chi connectivity index (χ1n) is 5.96. The molecule has 0 unspecified atom stereocenters. The van der Waals surface area contributed by atoms with E-state index in [0.29, 0.717) is 11.2 Å². The van der Waals surface area contributed by atoms with E-state index >= 15 is 0 Å². The minimum absolute atomic E-state index is 0.0617. The van der Waals surface area contributed by atoms with E-state index in [1.807, 2.05) is 0 Å². The number of nitrogen functional groups attached to an aromatic ring is 1. The van der Waals surface area contributed by atoms with Crippen molar-refractivity contribution < 1.29 is 12.8 Å². The summed E-state index contributed by atoms with van der Waals surface area (Å²) in [5.41, 5.74) is 6.75. The molecule has 0 radical (unpaired) electrons. The summed E-state index contributed by atoms with van der Waals surface area (Å²) in [7, 11) is -3.79. The van der Waals surface area contributed by atoms with E-state index < -0.39 is 15.8 Å². The van der Waals surface area contributed by atoms with E-state index in [2.05, 4.69) is 9.71 Å². The molecule has 108 valence electrons. The number of H-pyrrole nitrogens is 1. The molecule has 21 heavy (non-hydrogen) atoms. The zero-order chi connectivity index (χ0) is 15.0.